The van der Waals surface area contributed by atoms with Gasteiger partial charge in [-0.2, -0.15) is 0 Å². The summed E-state index contributed by atoms with van der Waals surface area (Å²) in [7, 11) is 0. The zero-order chi connectivity index (χ0) is 21.4. The molecule has 1 amide bonds. The largest absolute Gasteiger partial charge is 0.488 e. The fourth-order valence-corrected chi connectivity index (χ4v) is 3.69. The monoisotopic (exact) mass is 414 g/mol. The van der Waals surface area contributed by atoms with E-state index in [1.807, 2.05) is 54.6 Å². The average molecular weight is 414 g/mol. The number of rotatable bonds is 4. The maximum Gasteiger partial charge on any atom is 0.299 e. The van der Waals surface area contributed by atoms with Crippen molar-refractivity contribution in [1.82, 2.24) is 15.0 Å². The summed E-state index contributed by atoms with van der Waals surface area (Å²) in [5.74, 6) is 0.0145. The number of benzene rings is 2. The highest BCUT2D eigenvalue weighted by atomic mass is 16.5. The van der Waals surface area contributed by atoms with Gasteiger partial charge in [-0.25, -0.2) is 4.98 Å². The van der Waals surface area contributed by atoms with E-state index in [0.717, 1.165) is 5.56 Å². The van der Waals surface area contributed by atoms with Crippen LogP contribution in [0.25, 0.3) is 11.0 Å². The Hall–Kier alpha value is -4.33. The molecule has 154 valence electrons. The van der Waals surface area contributed by atoms with Crippen molar-refractivity contribution in [1.29, 1.82) is 0 Å². The molecule has 0 fully saturated rings. The molecule has 2 aromatic carbocycles. The van der Waals surface area contributed by atoms with Gasteiger partial charge in [-0.05, 0) is 23.8 Å². The first kappa shape index (κ1) is 18.7. The summed E-state index contributed by atoms with van der Waals surface area (Å²) in [6.07, 6.45) is 0.831. The molecule has 3 N–H and O–H groups in total. The van der Waals surface area contributed by atoms with Gasteiger partial charge in [-0.3, -0.25) is 9.59 Å². The van der Waals surface area contributed by atoms with Gasteiger partial charge in [0.2, 0.25) is 0 Å². The second-order valence-corrected chi connectivity index (χ2v) is 7.10. The van der Waals surface area contributed by atoms with Gasteiger partial charge in [-0.1, -0.05) is 48.5 Å². The number of ether oxygens (including phenoxy) is 1. The number of hydrogen-bond donors (Lipinski definition) is 3. The lowest BCUT2D eigenvalue weighted by Crippen LogP contribution is -2.43. The average Bonchev–Trinajstić information content (AvgIpc) is 2.81. The minimum atomic E-state index is -0.835. The molecule has 8 nitrogen and oxygen atoms in total. The van der Waals surface area contributed by atoms with E-state index in [0.29, 0.717) is 33.7 Å². The summed E-state index contributed by atoms with van der Waals surface area (Å²) < 4.78 is 6.42. The van der Waals surface area contributed by atoms with Gasteiger partial charge >= 0.3 is 0 Å². The van der Waals surface area contributed by atoms with Gasteiger partial charge in [0.25, 0.3) is 11.5 Å². The first-order valence-corrected chi connectivity index (χ1v) is 9.69. The standard InChI is InChI=1S/C23H18N4O4/c28-22-18-19(16-10-6-12-24-21(16)27(30)23(18)29)25-20(26-22)15-9-4-5-11-17(15)31-13-14-7-2-1-3-8-14/h1-12,20,25,30H,13H2,(H,26,28). The molecule has 1 unspecified atom stereocenters. The Morgan fingerprint density at radius 1 is 0.968 bits per heavy atom. The zero-order valence-corrected chi connectivity index (χ0v) is 16.3. The van der Waals surface area contributed by atoms with Gasteiger partial charge in [-0.15, -0.1) is 4.73 Å². The number of pyridine rings is 2. The van der Waals surface area contributed by atoms with Gasteiger partial charge in [0, 0.05) is 17.1 Å². The number of fused-ring (bicyclic) bond motifs is 3. The molecule has 4 aromatic rings. The van der Waals surface area contributed by atoms with Crippen LogP contribution in [0.1, 0.15) is 27.7 Å². The Balaban J connectivity index is 1.54. The number of para-hydroxylation sites is 1. The number of nitrogens with one attached hydrogen (secondary N) is 2. The van der Waals surface area contributed by atoms with Crippen LogP contribution in [0.5, 0.6) is 5.75 Å². The molecule has 1 atom stereocenters. The summed E-state index contributed by atoms with van der Waals surface area (Å²) in [5, 5.41) is 16.6. The molecule has 0 bridgehead atoms. The van der Waals surface area contributed by atoms with Crippen LogP contribution in [-0.2, 0) is 6.61 Å². The van der Waals surface area contributed by atoms with Gasteiger partial charge in [0.05, 0.1) is 5.69 Å². The fraction of sp³-hybridized carbons (Fsp3) is 0.0870. The first-order chi connectivity index (χ1) is 15.1. The van der Waals surface area contributed by atoms with Crippen LogP contribution in [0.3, 0.4) is 0 Å². The Bertz CT molecular complexity index is 1350. The van der Waals surface area contributed by atoms with E-state index >= 15 is 0 Å². The van der Waals surface area contributed by atoms with Crippen LogP contribution in [0.2, 0.25) is 0 Å². The number of anilines is 1. The Kier molecular flexibility index (Phi) is 4.51. The van der Waals surface area contributed by atoms with Crippen molar-refractivity contribution >= 4 is 22.6 Å². The van der Waals surface area contributed by atoms with Crippen LogP contribution in [-0.4, -0.2) is 20.8 Å². The third-order valence-corrected chi connectivity index (χ3v) is 5.17. The van der Waals surface area contributed by atoms with Gasteiger partial charge in [0.15, 0.2) is 5.65 Å². The maximum absolute atomic E-state index is 12.8. The summed E-state index contributed by atoms with van der Waals surface area (Å²) in [5.41, 5.74) is 1.12. The van der Waals surface area contributed by atoms with E-state index in [2.05, 4.69) is 15.6 Å². The highest BCUT2D eigenvalue weighted by molar-refractivity contribution is 6.08. The zero-order valence-electron chi connectivity index (χ0n) is 16.3. The van der Waals surface area contributed by atoms with Crippen LogP contribution < -0.4 is 20.9 Å². The topological polar surface area (TPSA) is 105 Å². The number of hydrogen-bond acceptors (Lipinski definition) is 6. The normalized spacial score (nSPS) is 15.1. The molecule has 0 aliphatic carbocycles. The molecule has 5 rings (SSSR count). The SMILES string of the molecule is O=C1NC(c2ccccc2OCc2ccccc2)Nc2c1c(=O)n(O)c1ncccc21. The third kappa shape index (κ3) is 3.24. The molecule has 0 saturated carbocycles. The second-order valence-electron chi connectivity index (χ2n) is 7.10. The lowest BCUT2D eigenvalue weighted by Gasteiger charge is -2.29. The molecule has 0 spiro atoms. The second kappa shape index (κ2) is 7.49. The summed E-state index contributed by atoms with van der Waals surface area (Å²) >= 11 is 0. The summed E-state index contributed by atoms with van der Waals surface area (Å²) in [6.45, 7) is 0.372. The number of carbonyl (C=O) groups excluding carboxylic acids is 1. The minimum absolute atomic E-state index is 0.0702. The molecule has 31 heavy (non-hydrogen) atoms. The Morgan fingerprint density at radius 2 is 1.74 bits per heavy atom. The van der Waals surface area contributed by atoms with E-state index < -0.39 is 17.6 Å². The smallest absolute Gasteiger partial charge is 0.299 e. The predicted molar refractivity (Wildman–Crippen MR) is 114 cm³/mol. The van der Waals surface area contributed by atoms with E-state index in [1.54, 1.807) is 12.1 Å². The highest BCUT2D eigenvalue weighted by Crippen LogP contribution is 2.34. The molecule has 2 aromatic heterocycles. The quantitative estimate of drug-likeness (QED) is 0.443. The molecule has 1 aliphatic rings. The lowest BCUT2D eigenvalue weighted by molar-refractivity contribution is 0.0927. The van der Waals surface area contributed by atoms with Crippen LogP contribution in [0.15, 0.2) is 77.7 Å². The maximum atomic E-state index is 12.8. The van der Waals surface area contributed by atoms with Crippen LogP contribution >= 0.6 is 0 Å². The highest BCUT2D eigenvalue weighted by Gasteiger charge is 2.32. The summed E-state index contributed by atoms with van der Waals surface area (Å²) in [6, 6.07) is 20.5. The van der Waals surface area contributed by atoms with Crippen molar-refractivity contribution in [3.05, 3.63) is 100.0 Å². The summed E-state index contributed by atoms with van der Waals surface area (Å²) in [4.78, 5) is 29.5. The minimum Gasteiger partial charge on any atom is -0.488 e. The van der Waals surface area contributed by atoms with Crippen LogP contribution in [0.4, 0.5) is 5.69 Å². The van der Waals surface area contributed by atoms with Gasteiger partial charge in [0.1, 0.15) is 24.1 Å². The van der Waals surface area contributed by atoms with Crippen molar-refractivity contribution in [3.63, 3.8) is 0 Å². The van der Waals surface area contributed by atoms with Crippen molar-refractivity contribution in [2.75, 3.05) is 5.32 Å². The number of nitrogens with zero attached hydrogens (tertiary/aromatic N) is 2. The van der Waals surface area contributed by atoms with E-state index in [4.69, 9.17) is 4.74 Å². The molecule has 1 aliphatic heterocycles. The number of aromatic nitrogens is 2. The van der Waals surface area contributed by atoms with E-state index in [1.165, 1.54) is 6.20 Å². The van der Waals surface area contributed by atoms with E-state index in [-0.39, 0.29) is 11.2 Å². The molecule has 8 heteroatoms. The van der Waals surface area contributed by atoms with Crippen molar-refractivity contribution < 1.29 is 14.7 Å². The van der Waals surface area contributed by atoms with Crippen molar-refractivity contribution in [3.8, 4) is 5.75 Å². The fourth-order valence-electron chi connectivity index (χ4n) is 3.69. The Labute approximate surface area is 176 Å². The number of carbonyl (C=O) groups is 1. The van der Waals surface area contributed by atoms with Gasteiger partial charge < -0.3 is 20.6 Å². The van der Waals surface area contributed by atoms with Crippen LogP contribution in [0, 0.1) is 0 Å². The molecular formula is C23H18N4O4. The molecule has 3 heterocycles. The number of amides is 1. The first-order valence-electron chi connectivity index (χ1n) is 9.69. The molecular weight excluding hydrogens is 396 g/mol. The molecule has 0 saturated heterocycles. The van der Waals surface area contributed by atoms with Crippen molar-refractivity contribution in [2.45, 2.75) is 12.8 Å². The molecule has 0 radical (unpaired) electrons. The van der Waals surface area contributed by atoms with Crippen molar-refractivity contribution in [2.24, 2.45) is 0 Å². The van der Waals surface area contributed by atoms with E-state index in [9.17, 15) is 14.8 Å². The predicted octanol–water partition coefficient (Wildman–Crippen LogP) is 3.07. The lowest BCUT2D eigenvalue weighted by atomic mass is 10.0. The third-order valence-electron chi connectivity index (χ3n) is 5.17. The Morgan fingerprint density at radius 3 is 2.58 bits per heavy atom.